The zero-order valence-electron chi connectivity index (χ0n) is 17.0. The minimum Gasteiger partial charge on any atom is -0.497 e. The van der Waals surface area contributed by atoms with Gasteiger partial charge in [0.25, 0.3) is 5.91 Å². The summed E-state index contributed by atoms with van der Waals surface area (Å²) in [4.78, 5) is 28.9. The van der Waals surface area contributed by atoms with Gasteiger partial charge in [-0.2, -0.15) is 0 Å². The summed E-state index contributed by atoms with van der Waals surface area (Å²) in [5, 5.41) is 3.05. The van der Waals surface area contributed by atoms with E-state index >= 15 is 0 Å². The van der Waals surface area contributed by atoms with E-state index in [0.717, 1.165) is 17.4 Å². The van der Waals surface area contributed by atoms with E-state index in [-0.39, 0.29) is 28.4 Å². The molecule has 2 aromatic carbocycles. The van der Waals surface area contributed by atoms with Crippen LogP contribution in [0.4, 0.5) is 4.39 Å². The molecule has 0 aliphatic carbocycles. The fourth-order valence-corrected chi connectivity index (χ4v) is 3.68. The average molecular weight is 434 g/mol. The molecule has 1 N–H and O–H groups in total. The molecule has 8 heteroatoms. The number of halogens is 2. The van der Waals surface area contributed by atoms with Gasteiger partial charge in [0.2, 0.25) is 5.91 Å². The van der Waals surface area contributed by atoms with Crippen LogP contribution in [0.2, 0.25) is 5.02 Å². The third kappa shape index (κ3) is 5.29. The second-order valence-electron chi connectivity index (χ2n) is 7.20. The first kappa shape index (κ1) is 22.1. The van der Waals surface area contributed by atoms with E-state index < -0.39 is 5.82 Å². The first-order chi connectivity index (χ1) is 14.4. The fourth-order valence-electron chi connectivity index (χ4n) is 3.43. The Hall–Kier alpha value is -2.64. The van der Waals surface area contributed by atoms with Crippen molar-refractivity contribution in [2.24, 2.45) is 0 Å². The number of methoxy groups -OCH3 is 1. The Bertz CT molecular complexity index is 916. The molecule has 160 valence electrons. The molecule has 1 saturated heterocycles. The summed E-state index contributed by atoms with van der Waals surface area (Å²) in [6, 6.07) is 11.0. The molecule has 2 aromatic rings. The standard InChI is InChI=1S/C22H25ClFN3O3/c1-15(21(28)25-14-16-4-3-5-18(12-16)30-2)26-8-10-27(11-9-26)22(29)19-7-6-17(24)13-20(19)23/h3-7,12-13,15H,8-11,14H2,1-2H3,(H,25,28). The van der Waals surface area contributed by atoms with Crippen LogP contribution in [0.3, 0.4) is 0 Å². The van der Waals surface area contributed by atoms with Crippen LogP contribution < -0.4 is 10.1 Å². The third-order valence-corrected chi connectivity index (χ3v) is 5.60. The van der Waals surface area contributed by atoms with Crippen molar-refractivity contribution in [3.8, 4) is 5.75 Å². The number of benzene rings is 2. The molecule has 3 rings (SSSR count). The van der Waals surface area contributed by atoms with Crippen LogP contribution in [0, 0.1) is 5.82 Å². The Kier molecular flexibility index (Phi) is 7.29. The van der Waals surface area contributed by atoms with E-state index in [2.05, 4.69) is 5.32 Å². The van der Waals surface area contributed by atoms with E-state index in [1.54, 1.807) is 12.0 Å². The number of carbonyl (C=O) groups is 2. The molecule has 0 aromatic heterocycles. The Morgan fingerprint density at radius 1 is 1.17 bits per heavy atom. The number of amides is 2. The SMILES string of the molecule is COc1cccc(CNC(=O)C(C)N2CCN(C(=O)c3ccc(F)cc3Cl)CC2)c1. The summed E-state index contributed by atoms with van der Waals surface area (Å²) in [7, 11) is 1.61. The molecular weight excluding hydrogens is 409 g/mol. The van der Waals surface area contributed by atoms with Crippen molar-refractivity contribution in [2.75, 3.05) is 33.3 Å². The molecule has 1 atom stereocenters. The highest BCUT2D eigenvalue weighted by molar-refractivity contribution is 6.33. The van der Waals surface area contributed by atoms with Crippen LogP contribution in [0.15, 0.2) is 42.5 Å². The van der Waals surface area contributed by atoms with Gasteiger partial charge in [-0.15, -0.1) is 0 Å². The largest absolute Gasteiger partial charge is 0.497 e. The molecule has 0 bridgehead atoms. The quantitative estimate of drug-likeness (QED) is 0.760. The predicted molar refractivity (Wildman–Crippen MR) is 113 cm³/mol. The fraction of sp³-hybridized carbons (Fsp3) is 0.364. The first-order valence-corrected chi connectivity index (χ1v) is 10.2. The topological polar surface area (TPSA) is 61.9 Å². The van der Waals surface area contributed by atoms with Gasteiger partial charge in [-0.05, 0) is 42.8 Å². The molecule has 0 spiro atoms. The van der Waals surface area contributed by atoms with E-state index in [4.69, 9.17) is 16.3 Å². The summed E-state index contributed by atoms with van der Waals surface area (Å²) >= 11 is 6.01. The molecule has 30 heavy (non-hydrogen) atoms. The Balaban J connectivity index is 1.51. The van der Waals surface area contributed by atoms with Gasteiger partial charge in [0.1, 0.15) is 11.6 Å². The van der Waals surface area contributed by atoms with Crippen molar-refractivity contribution in [3.63, 3.8) is 0 Å². The highest BCUT2D eigenvalue weighted by Gasteiger charge is 2.28. The number of carbonyl (C=O) groups excluding carboxylic acids is 2. The van der Waals surface area contributed by atoms with E-state index in [9.17, 15) is 14.0 Å². The van der Waals surface area contributed by atoms with Gasteiger partial charge in [0.15, 0.2) is 0 Å². The van der Waals surface area contributed by atoms with Crippen molar-refractivity contribution in [1.29, 1.82) is 0 Å². The number of piperazine rings is 1. The summed E-state index contributed by atoms with van der Waals surface area (Å²) in [5.74, 6) is -0.0269. The van der Waals surface area contributed by atoms with E-state index in [1.165, 1.54) is 12.1 Å². The molecule has 2 amide bonds. The monoisotopic (exact) mass is 433 g/mol. The smallest absolute Gasteiger partial charge is 0.255 e. The van der Waals surface area contributed by atoms with Gasteiger partial charge in [0, 0.05) is 32.7 Å². The third-order valence-electron chi connectivity index (χ3n) is 5.29. The van der Waals surface area contributed by atoms with Crippen molar-refractivity contribution in [3.05, 3.63) is 64.4 Å². The van der Waals surface area contributed by atoms with Crippen LogP contribution in [0.25, 0.3) is 0 Å². The maximum atomic E-state index is 13.2. The maximum Gasteiger partial charge on any atom is 0.255 e. The number of nitrogens with zero attached hydrogens (tertiary/aromatic N) is 2. The summed E-state index contributed by atoms with van der Waals surface area (Å²) in [6.45, 7) is 4.35. The highest BCUT2D eigenvalue weighted by atomic mass is 35.5. The summed E-state index contributed by atoms with van der Waals surface area (Å²) < 4.78 is 18.4. The van der Waals surface area contributed by atoms with Crippen molar-refractivity contribution in [1.82, 2.24) is 15.1 Å². The van der Waals surface area contributed by atoms with Crippen LogP contribution in [-0.2, 0) is 11.3 Å². The Morgan fingerprint density at radius 2 is 1.90 bits per heavy atom. The molecule has 1 heterocycles. The second kappa shape index (κ2) is 9.91. The lowest BCUT2D eigenvalue weighted by Gasteiger charge is -2.37. The van der Waals surface area contributed by atoms with E-state index in [1.807, 2.05) is 36.1 Å². The van der Waals surface area contributed by atoms with Gasteiger partial charge in [-0.25, -0.2) is 4.39 Å². The number of hydrogen-bond acceptors (Lipinski definition) is 4. The van der Waals surface area contributed by atoms with Crippen molar-refractivity contribution in [2.45, 2.75) is 19.5 Å². The first-order valence-electron chi connectivity index (χ1n) is 9.78. The van der Waals surface area contributed by atoms with E-state index in [0.29, 0.717) is 32.7 Å². The van der Waals surface area contributed by atoms with Gasteiger partial charge in [-0.1, -0.05) is 23.7 Å². The lowest BCUT2D eigenvalue weighted by molar-refractivity contribution is -0.126. The molecule has 0 saturated carbocycles. The van der Waals surface area contributed by atoms with Crippen molar-refractivity contribution >= 4 is 23.4 Å². The van der Waals surface area contributed by atoms with Gasteiger partial charge >= 0.3 is 0 Å². The number of rotatable bonds is 6. The van der Waals surface area contributed by atoms with Gasteiger partial charge in [0.05, 0.1) is 23.7 Å². The van der Waals surface area contributed by atoms with Crippen molar-refractivity contribution < 1.29 is 18.7 Å². The van der Waals surface area contributed by atoms with Crippen LogP contribution in [0.1, 0.15) is 22.8 Å². The summed E-state index contributed by atoms with van der Waals surface area (Å²) in [6.07, 6.45) is 0. The minimum atomic E-state index is -0.477. The zero-order chi connectivity index (χ0) is 21.7. The normalized spacial score (nSPS) is 15.5. The molecule has 0 radical (unpaired) electrons. The second-order valence-corrected chi connectivity index (χ2v) is 7.60. The molecule has 1 fully saturated rings. The lowest BCUT2D eigenvalue weighted by Crippen LogP contribution is -2.54. The van der Waals surface area contributed by atoms with Crippen LogP contribution in [0.5, 0.6) is 5.75 Å². The molecule has 1 unspecified atom stereocenters. The molecular formula is C22H25ClFN3O3. The predicted octanol–water partition coefficient (Wildman–Crippen LogP) is 2.95. The van der Waals surface area contributed by atoms with Gasteiger partial charge in [-0.3, -0.25) is 14.5 Å². The highest BCUT2D eigenvalue weighted by Crippen LogP contribution is 2.20. The molecule has 6 nitrogen and oxygen atoms in total. The van der Waals surface area contributed by atoms with Gasteiger partial charge < -0.3 is 15.0 Å². The Morgan fingerprint density at radius 3 is 2.57 bits per heavy atom. The maximum absolute atomic E-state index is 13.2. The lowest BCUT2D eigenvalue weighted by atomic mass is 10.1. The van der Waals surface area contributed by atoms with Crippen LogP contribution in [-0.4, -0.2) is 60.9 Å². The summed E-state index contributed by atoms with van der Waals surface area (Å²) in [5.41, 5.74) is 1.25. The molecule has 1 aliphatic heterocycles. The average Bonchev–Trinajstić information content (AvgIpc) is 2.76. The Labute approximate surface area is 180 Å². The number of nitrogens with one attached hydrogen (secondary N) is 1. The zero-order valence-corrected chi connectivity index (χ0v) is 17.8. The molecule has 1 aliphatic rings. The van der Waals surface area contributed by atoms with Crippen LogP contribution >= 0.6 is 11.6 Å². The number of ether oxygens (including phenoxy) is 1. The minimum absolute atomic E-state index is 0.0702. The number of hydrogen-bond donors (Lipinski definition) is 1.